The summed E-state index contributed by atoms with van der Waals surface area (Å²) >= 11 is 0. The van der Waals surface area contributed by atoms with Crippen molar-refractivity contribution in [2.75, 3.05) is 17.2 Å². The van der Waals surface area contributed by atoms with Crippen LogP contribution in [-0.2, 0) is 25.8 Å². The van der Waals surface area contributed by atoms with E-state index in [2.05, 4.69) is 15.5 Å². The minimum absolute atomic E-state index is 0.0945. The molecule has 1 heterocycles. The van der Waals surface area contributed by atoms with Crippen LogP contribution >= 0.6 is 0 Å². The number of anilines is 2. The van der Waals surface area contributed by atoms with Crippen LogP contribution in [0.3, 0.4) is 0 Å². The number of nitrogens with one attached hydrogen (secondary N) is 2. The van der Waals surface area contributed by atoms with E-state index in [4.69, 9.17) is 5.90 Å². The summed E-state index contributed by atoms with van der Waals surface area (Å²) in [6.45, 7) is 0.137. The van der Waals surface area contributed by atoms with Gasteiger partial charge in [0.05, 0.1) is 10.5 Å². The topological polar surface area (TPSA) is 131 Å². The van der Waals surface area contributed by atoms with Gasteiger partial charge in [-0.2, -0.15) is 23.4 Å². The number of sulfonamides is 1. The molecule has 1 aliphatic heterocycles. The Morgan fingerprint density at radius 1 is 1.00 bits per heavy atom. The molecule has 3 rings (SSSR count). The lowest BCUT2D eigenvalue weighted by Gasteiger charge is -2.21. The fourth-order valence-corrected chi connectivity index (χ4v) is 4.87. The fraction of sp³-hybridized carbons (Fsp3) is 0.263. The Balaban J connectivity index is 1.65. The van der Waals surface area contributed by atoms with Crippen LogP contribution in [0.1, 0.15) is 18.4 Å². The molecule has 2 aromatic carbocycles. The van der Waals surface area contributed by atoms with Crippen molar-refractivity contribution in [3.63, 3.8) is 0 Å². The van der Waals surface area contributed by atoms with Crippen molar-refractivity contribution >= 4 is 33.4 Å². The second-order valence-electron chi connectivity index (χ2n) is 6.89. The average molecular weight is 472 g/mol. The molecule has 9 nitrogen and oxygen atoms in total. The summed E-state index contributed by atoms with van der Waals surface area (Å²) in [5, 5.41) is 4.82. The molecule has 0 saturated carbocycles. The molecule has 1 fully saturated rings. The van der Waals surface area contributed by atoms with Crippen LogP contribution in [0, 0.1) is 0 Å². The molecule has 0 aromatic heterocycles. The van der Waals surface area contributed by atoms with E-state index in [1.54, 1.807) is 0 Å². The number of carbonyl (C=O) groups excluding carboxylic acids is 2. The van der Waals surface area contributed by atoms with Gasteiger partial charge in [-0.1, -0.05) is 0 Å². The number of urea groups is 1. The van der Waals surface area contributed by atoms with E-state index in [1.165, 1.54) is 24.3 Å². The van der Waals surface area contributed by atoms with Crippen molar-refractivity contribution < 1.29 is 36.0 Å². The summed E-state index contributed by atoms with van der Waals surface area (Å²) < 4.78 is 64.5. The molecule has 0 aliphatic carbocycles. The van der Waals surface area contributed by atoms with E-state index in [9.17, 15) is 31.2 Å². The molecule has 1 atom stereocenters. The van der Waals surface area contributed by atoms with Crippen LogP contribution in [0.5, 0.6) is 0 Å². The molecule has 32 heavy (non-hydrogen) atoms. The highest BCUT2D eigenvalue weighted by molar-refractivity contribution is 7.89. The standard InChI is InChI=1S/C19H19F3N4O5S/c20-19(21,22)12-3-5-13(6-4-12)24-18(28)25-14-7-9-15(10-8-14)32(29,30)26-11-1-2-16(26)17(27)31-23/h3-10,16H,1-2,11,23H2,(H2,24,25,28)/t16-/m0/s1. The van der Waals surface area contributed by atoms with Gasteiger partial charge in [-0.3, -0.25) is 0 Å². The van der Waals surface area contributed by atoms with Crippen molar-refractivity contribution in [3.8, 4) is 0 Å². The molecular weight excluding hydrogens is 453 g/mol. The lowest BCUT2D eigenvalue weighted by atomic mass is 10.2. The van der Waals surface area contributed by atoms with Crippen LogP contribution < -0.4 is 16.5 Å². The van der Waals surface area contributed by atoms with Gasteiger partial charge in [0.1, 0.15) is 6.04 Å². The summed E-state index contributed by atoms with van der Waals surface area (Å²) in [6, 6.07) is 7.34. The monoisotopic (exact) mass is 472 g/mol. The Morgan fingerprint density at radius 3 is 2.03 bits per heavy atom. The zero-order valence-electron chi connectivity index (χ0n) is 16.4. The molecule has 1 saturated heterocycles. The van der Waals surface area contributed by atoms with Crippen molar-refractivity contribution in [1.82, 2.24) is 4.31 Å². The first-order valence-corrected chi connectivity index (χ1v) is 10.7. The average Bonchev–Trinajstić information content (AvgIpc) is 3.24. The summed E-state index contributed by atoms with van der Waals surface area (Å²) in [4.78, 5) is 27.9. The summed E-state index contributed by atoms with van der Waals surface area (Å²) in [5.74, 6) is 4.03. The summed E-state index contributed by atoms with van der Waals surface area (Å²) in [6.07, 6.45) is -3.72. The van der Waals surface area contributed by atoms with Crippen LogP contribution in [0.15, 0.2) is 53.4 Å². The van der Waals surface area contributed by atoms with Gasteiger partial charge < -0.3 is 15.5 Å². The maximum Gasteiger partial charge on any atom is 0.416 e. The first-order valence-electron chi connectivity index (χ1n) is 9.30. The third-order valence-electron chi connectivity index (χ3n) is 4.78. The summed E-state index contributed by atoms with van der Waals surface area (Å²) in [5.41, 5.74) is -0.463. The Morgan fingerprint density at radius 2 is 1.53 bits per heavy atom. The van der Waals surface area contributed by atoms with Crippen molar-refractivity contribution in [2.24, 2.45) is 5.90 Å². The number of nitrogens with zero attached hydrogens (tertiary/aromatic N) is 1. The first-order chi connectivity index (χ1) is 15.0. The van der Waals surface area contributed by atoms with E-state index in [0.717, 1.165) is 28.6 Å². The maximum absolute atomic E-state index is 12.8. The SMILES string of the molecule is NOC(=O)[C@@H]1CCCN1S(=O)(=O)c1ccc(NC(=O)Nc2ccc(C(F)(F)F)cc2)cc1. The number of hydrogen-bond donors (Lipinski definition) is 3. The van der Waals surface area contributed by atoms with E-state index >= 15 is 0 Å². The van der Waals surface area contributed by atoms with E-state index in [-0.39, 0.29) is 22.8 Å². The third-order valence-corrected chi connectivity index (χ3v) is 6.70. The highest BCUT2D eigenvalue weighted by atomic mass is 32.2. The zero-order valence-corrected chi connectivity index (χ0v) is 17.2. The molecule has 0 radical (unpaired) electrons. The number of hydrogen-bond acceptors (Lipinski definition) is 6. The van der Waals surface area contributed by atoms with E-state index < -0.39 is 39.8 Å². The zero-order chi connectivity index (χ0) is 23.5. The normalized spacial score (nSPS) is 17.1. The molecule has 2 aromatic rings. The molecule has 172 valence electrons. The number of amides is 2. The van der Waals surface area contributed by atoms with Crippen molar-refractivity contribution in [3.05, 3.63) is 54.1 Å². The molecule has 4 N–H and O–H groups in total. The van der Waals surface area contributed by atoms with Crippen molar-refractivity contribution in [2.45, 2.75) is 30.0 Å². The van der Waals surface area contributed by atoms with Crippen LogP contribution in [0.4, 0.5) is 29.3 Å². The first kappa shape index (κ1) is 23.5. The number of nitrogens with two attached hydrogens (primary N) is 1. The lowest BCUT2D eigenvalue weighted by Crippen LogP contribution is -2.42. The Labute approximate surface area is 181 Å². The smallest absolute Gasteiger partial charge is 0.372 e. The number of carbonyl (C=O) groups is 2. The van der Waals surface area contributed by atoms with Gasteiger partial charge in [-0.25, -0.2) is 18.0 Å². The molecule has 0 spiro atoms. The fourth-order valence-electron chi connectivity index (χ4n) is 3.22. The van der Waals surface area contributed by atoms with Gasteiger partial charge in [0, 0.05) is 17.9 Å². The molecule has 1 aliphatic rings. The second-order valence-corrected chi connectivity index (χ2v) is 8.78. The van der Waals surface area contributed by atoms with Crippen LogP contribution in [0.2, 0.25) is 0 Å². The van der Waals surface area contributed by atoms with Gasteiger partial charge in [-0.05, 0) is 61.4 Å². The molecule has 13 heteroatoms. The van der Waals surface area contributed by atoms with E-state index in [1.807, 2.05) is 0 Å². The molecule has 0 bridgehead atoms. The van der Waals surface area contributed by atoms with Gasteiger partial charge >= 0.3 is 18.2 Å². The van der Waals surface area contributed by atoms with E-state index in [0.29, 0.717) is 12.8 Å². The third kappa shape index (κ3) is 5.18. The summed E-state index contributed by atoms with van der Waals surface area (Å²) in [7, 11) is -4.00. The second kappa shape index (κ2) is 9.14. The predicted octanol–water partition coefficient (Wildman–Crippen LogP) is 2.92. The highest BCUT2D eigenvalue weighted by Gasteiger charge is 2.40. The highest BCUT2D eigenvalue weighted by Crippen LogP contribution is 2.30. The lowest BCUT2D eigenvalue weighted by molar-refractivity contribution is -0.148. The minimum Gasteiger partial charge on any atom is -0.372 e. The Bertz CT molecular complexity index is 1090. The van der Waals surface area contributed by atoms with Crippen LogP contribution in [0.25, 0.3) is 0 Å². The van der Waals surface area contributed by atoms with Gasteiger partial charge in [0.15, 0.2) is 0 Å². The van der Waals surface area contributed by atoms with Gasteiger partial charge in [0.2, 0.25) is 10.0 Å². The molecule has 2 amide bonds. The number of alkyl halides is 3. The Hall–Kier alpha value is -3.16. The Kier molecular flexibility index (Phi) is 6.71. The van der Waals surface area contributed by atoms with Gasteiger partial charge in [0.25, 0.3) is 0 Å². The largest absolute Gasteiger partial charge is 0.416 e. The minimum atomic E-state index is -4.48. The number of rotatable bonds is 5. The molecular formula is C19H19F3N4O5S. The maximum atomic E-state index is 12.8. The number of halogens is 3. The van der Waals surface area contributed by atoms with Crippen LogP contribution in [-0.4, -0.2) is 37.3 Å². The molecule has 0 unspecified atom stereocenters. The number of benzene rings is 2. The predicted molar refractivity (Wildman–Crippen MR) is 108 cm³/mol. The quantitative estimate of drug-likeness (QED) is 0.574. The van der Waals surface area contributed by atoms with Gasteiger partial charge in [-0.15, -0.1) is 0 Å². The van der Waals surface area contributed by atoms with Crippen molar-refractivity contribution in [1.29, 1.82) is 0 Å².